The van der Waals surface area contributed by atoms with Crippen molar-refractivity contribution in [3.63, 3.8) is 0 Å². The van der Waals surface area contributed by atoms with Gasteiger partial charge in [0.05, 0.1) is 17.8 Å². The van der Waals surface area contributed by atoms with E-state index in [2.05, 4.69) is 21.1 Å². The molecule has 0 radical (unpaired) electrons. The summed E-state index contributed by atoms with van der Waals surface area (Å²) in [6, 6.07) is 12.0. The largest absolute Gasteiger partial charge is 0.337 e. The number of pyridine rings is 1. The third kappa shape index (κ3) is 4.21. The number of rotatable bonds is 8. The highest BCUT2D eigenvalue weighted by molar-refractivity contribution is 5.79. The second-order valence-corrected chi connectivity index (χ2v) is 6.29. The quantitative estimate of drug-likeness (QED) is 0.687. The van der Waals surface area contributed by atoms with E-state index in [-0.39, 0.29) is 5.91 Å². The van der Waals surface area contributed by atoms with Crippen LogP contribution in [-0.2, 0) is 11.3 Å². The second kappa shape index (κ2) is 7.43. The number of hydrogen-bond acceptors (Lipinski definition) is 4. The van der Waals surface area contributed by atoms with Gasteiger partial charge in [0.25, 0.3) is 0 Å². The summed E-state index contributed by atoms with van der Waals surface area (Å²) in [6.45, 7) is 3.16. The van der Waals surface area contributed by atoms with Crippen LogP contribution in [0.15, 0.2) is 46.6 Å². The number of hydrogen-bond donors (Lipinski definition) is 0. The van der Waals surface area contributed by atoms with E-state index in [1.54, 1.807) is 0 Å². The van der Waals surface area contributed by atoms with Gasteiger partial charge in [-0.15, -0.1) is 12.3 Å². The van der Waals surface area contributed by atoms with E-state index in [4.69, 9.17) is 6.42 Å². The Bertz CT molecular complexity index is 831. The predicted molar refractivity (Wildman–Crippen MR) is 97.7 cm³/mol. The van der Waals surface area contributed by atoms with Crippen LogP contribution in [0.25, 0.3) is 10.9 Å². The smallest absolute Gasteiger partial charge is 0.223 e. The summed E-state index contributed by atoms with van der Waals surface area (Å²) < 4.78 is 0. The van der Waals surface area contributed by atoms with Gasteiger partial charge in [0.15, 0.2) is 5.66 Å². The summed E-state index contributed by atoms with van der Waals surface area (Å²) in [5.41, 5.74) is 1.45. The molecule has 0 saturated heterocycles. The minimum absolute atomic E-state index is 0.106. The van der Waals surface area contributed by atoms with E-state index in [1.807, 2.05) is 48.2 Å². The van der Waals surface area contributed by atoms with Crippen molar-refractivity contribution in [1.82, 2.24) is 9.88 Å². The minimum atomic E-state index is -0.400. The zero-order valence-corrected chi connectivity index (χ0v) is 14.5. The van der Waals surface area contributed by atoms with Crippen LogP contribution in [0, 0.1) is 12.3 Å². The first-order chi connectivity index (χ1) is 12.2. The van der Waals surface area contributed by atoms with E-state index >= 15 is 0 Å². The summed E-state index contributed by atoms with van der Waals surface area (Å²) in [6.07, 6.45) is 7.73. The number of carbonyl (C=O) groups excluding carboxylic acids is 1. The molecule has 0 atom stereocenters. The third-order valence-corrected chi connectivity index (χ3v) is 4.54. The maximum atomic E-state index is 12.6. The lowest BCUT2D eigenvalue weighted by Gasteiger charge is -2.21. The maximum Gasteiger partial charge on any atom is 0.223 e. The van der Waals surface area contributed by atoms with Crippen LogP contribution in [-0.4, -0.2) is 28.0 Å². The standard InChI is InChI=1S/C20H22N4O/c1-3-5-13-20(22-23-20)14-12-19(25)24(4-2)15-17-11-10-16-8-6-7-9-18(16)21-17/h1,6-11H,4-5,12-15H2,2H3. The molecule has 2 aromatic rings. The molecule has 0 N–H and O–H groups in total. The second-order valence-electron chi connectivity index (χ2n) is 6.29. The average Bonchev–Trinajstić information content (AvgIpc) is 3.42. The zero-order valence-electron chi connectivity index (χ0n) is 14.5. The SMILES string of the molecule is C#CCCC1(CCC(=O)N(CC)Cc2ccc3ccccc3n2)N=N1. The van der Waals surface area contributed by atoms with Crippen molar-refractivity contribution >= 4 is 16.8 Å². The molecule has 1 amide bonds. The van der Waals surface area contributed by atoms with Gasteiger partial charge in [-0.25, -0.2) is 0 Å². The van der Waals surface area contributed by atoms with Crippen molar-refractivity contribution in [3.05, 3.63) is 42.1 Å². The van der Waals surface area contributed by atoms with Crippen molar-refractivity contribution < 1.29 is 4.79 Å². The summed E-state index contributed by atoms with van der Waals surface area (Å²) >= 11 is 0. The molecule has 1 aromatic carbocycles. The van der Waals surface area contributed by atoms with Crippen LogP contribution in [0.5, 0.6) is 0 Å². The molecule has 0 spiro atoms. The first-order valence-electron chi connectivity index (χ1n) is 8.66. The molecule has 0 fully saturated rings. The van der Waals surface area contributed by atoms with Crippen LogP contribution in [0.2, 0.25) is 0 Å². The molecule has 5 nitrogen and oxygen atoms in total. The minimum Gasteiger partial charge on any atom is -0.337 e. The summed E-state index contributed by atoms with van der Waals surface area (Å²) in [4.78, 5) is 19.0. The van der Waals surface area contributed by atoms with Crippen LogP contribution in [0.1, 0.15) is 38.3 Å². The summed E-state index contributed by atoms with van der Waals surface area (Å²) in [5, 5.41) is 9.29. The Kier molecular flexibility index (Phi) is 5.08. The lowest BCUT2D eigenvalue weighted by atomic mass is 10.0. The van der Waals surface area contributed by atoms with E-state index < -0.39 is 5.66 Å². The average molecular weight is 334 g/mol. The third-order valence-electron chi connectivity index (χ3n) is 4.54. The Balaban J connectivity index is 1.59. The number of carbonyl (C=O) groups is 1. The molecule has 1 aromatic heterocycles. The number of para-hydroxylation sites is 1. The van der Waals surface area contributed by atoms with E-state index in [1.165, 1.54) is 0 Å². The Morgan fingerprint density at radius 1 is 1.20 bits per heavy atom. The Morgan fingerprint density at radius 3 is 2.72 bits per heavy atom. The lowest BCUT2D eigenvalue weighted by Crippen LogP contribution is -2.31. The normalized spacial score (nSPS) is 14.2. The Morgan fingerprint density at radius 2 is 2.00 bits per heavy atom. The van der Waals surface area contributed by atoms with Gasteiger partial charge < -0.3 is 4.90 Å². The number of benzene rings is 1. The molecule has 0 bridgehead atoms. The molecule has 2 heterocycles. The van der Waals surface area contributed by atoms with Gasteiger partial charge in [-0.1, -0.05) is 24.3 Å². The van der Waals surface area contributed by atoms with Gasteiger partial charge in [0.2, 0.25) is 5.91 Å². The molecular formula is C20H22N4O. The van der Waals surface area contributed by atoms with Crippen molar-refractivity contribution in [3.8, 4) is 12.3 Å². The number of fused-ring (bicyclic) bond motifs is 1. The Labute approximate surface area is 148 Å². The van der Waals surface area contributed by atoms with Crippen LogP contribution >= 0.6 is 0 Å². The highest BCUT2D eigenvalue weighted by atomic mass is 16.2. The molecular weight excluding hydrogens is 312 g/mol. The number of nitrogens with zero attached hydrogens (tertiary/aromatic N) is 4. The van der Waals surface area contributed by atoms with Gasteiger partial charge in [-0.05, 0) is 19.1 Å². The van der Waals surface area contributed by atoms with Gasteiger partial charge >= 0.3 is 0 Å². The highest BCUT2D eigenvalue weighted by Crippen LogP contribution is 2.37. The maximum absolute atomic E-state index is 12.6. The number of amides is 1. The van der Waals surface area contributed by atoms with Crippen molar-refractivity contribution in [2.24, 2.45) is 10.2 Å². The molecule has 128 valence electrons. The fourth-order valence-corrected chi connectivity index (χ4v) is 2.90. The molecule has 1 aliphatic rings. The van der Waals surface area contributed by atoms with Crippen molar-refractivity contribution in [1.29, 1.82) is 0 Å². The molecule has 0 unspecified atom stereocenters. The first kappa shape index (κ1) is 17.1. The highest BCUT2D eigenvalue weighted by Gasteiger charge is 2.39. The summed E-state index contributed by atoms with van der Waals surface area (Å²) in [7, 11) is 0. The first-order valence-corrected chi connectivity index (χ1v) is 8.66. The fourth-order valence-electron chi connectivity index (χ4n) is 2.90. The molecule has 0 saturated carbocycles. The van der Waals surface area contributed by atoms with Crippen LogP contribution < -0.4 is 0 Å². The van der Waals surface area contributed by atoms with Gasteiger partial charge in [0, 0.05) is 37.6 Å². The van der Waals surface area contributed by atoms with E-state index in [9.17, 15) is 4.79 Å². The van der Waals surface area contributed by atoms with Gasteiger partial charge in [-0.3, -0.25) is 9.78 Å². The summed E-state index contributed by atoms with van der Waals surface area (Å²) in [5.74, 6) is 2.72. The molecule has 25 heavy (non-hydrogen) atoms. The zero-order chi connectivity index (χ0) is 17.7. The van der Waals surface area contributed by atoms with E-state index in [0.717, 1.165) is 23.0 Å². The lowest BCUT2D eigenvalue weighted by molar-refractivity contribution is -0.131. The number of terminal acetylenes is 1. The number of aromatic nitrogens is 1. The van der Waals surface area contributed by atoms with Crippen molar-refractivity contribution in [2.75, 3.05) is 6.54 Å². The van der Waals surface area contributed by atoms with E-state index in [0.29, 0.717) is 32.4 Å². The molecule has 5 heteroatoms. The molecule has 3 rings (SSSR count). The van der Waals surface area contributed by atoms with Crippen molar-refractivity contribution in [2.45, 2.75) is 44.8 Å². The monoisotopic (exact) mass is 334 g/mol. The topological polar surface area (TPSA) is 57.9 Å². The van der Waals surface area contributed by atoms with Gasteiger partial charge in [0.1, 0.15) is 0 Å². The Hall–Kier alpha value is -2.74. The molecule has 1 aliphatic heterocycles. The molecule has 0 aliphatic carbocycles. The van der Waals surface area contributed by atoms with Crippen LogP contribution in [0.3, 0.4) is 0 Å². The fraction of sp³-hybridized carbons (Fsp3) is 0.400. The van der Waals surface area contributed by atoms with Gasteiger partial charge in [-0.2, -0.15) is 10.2 Å². The predicted octanol–water partition coefficient (Wildman–Crippen LogP) is 3.94. The van der Waals surface area contributed by atoms with Crippen LogP contribution in [0.4, 0.5) is 0 Å².